The molecule has 3 heterocycles. The highest BCUT2D eigenvalue weighted by Gasteiger charge is 2.46. The molecule has 0 amide bonds. The van der Waals surface area contributed by atoms with Crippen molar-refractivity contribution in [3.05, 3.63) is 42.0 Å². The van der Waals surface area contributed by atoms with E-state index in [0.29, 0.717) is 17.6 Å². The van der Waals surface area contributed by atoms with E-state index in [-0.39, 0.29) is 12.4 Å². The molecule has 1 saturated heterocycles. The molecule has 0 bridgehead atoms. The third kappa shape index (κ3) is 3.29. The Hall–Kier alpha value is -2.83. The van der Waals surface area contributed by atoms with E-state index in [2.05, 4.69) is 15.0 Å². The predicted octanol–water partition coefficient (Wildman–Crippen LogP) is 0.201. The Balaban J connectivity index is 1.36. The number of aliphatic hydroxyl groups excluding tert-OH is 2. The van der Waals surface area contributed by atoms with Crippen LogP contribution in [0.4, 0.5) is 5.82 Å². The number of ether oxygens (including phenoxy) is 3. The summed E-state index contributed by atoms with van der Waals surface area (Å²) >= 11 is 0. The van der Waals surface area contributed by atoms with Gasteiger partial charge in [-0.25, -0.2) is 15.0 Å². The first-order chi connectivity index (χ1) is 15.4. The number of aromatic nitrogens is 4. The zero-order valence-corrected chi connectivity index (χ0v) is 17.6. The second-order valence-corrected chi connectivity index (χ2v) is 8.17. The molecule has 1 aliphatic carbocycles. The topological polar surface area (TPSA) is 164 Å². The van der Waals surface area contributed by atoms with Gasteiger partial charge in [0.05, 0.1) is 20.0 Å². The standard InChI is InChI=1S/C21H26N6O5/c1-30-13-6-2-5-12-11(13)4-3-7-21(12,23)31-8-14-16(28)17(29)20(32-14)27-10-26-15-18(22)24-9-25-19(15)27/h2,5-6,9-10,14,16-17,20,28-29H,3-4,7-8,23H2,1H3,(H2,22,24,25)/t14-,16-,17-,20-,21?/m1/s1. The van der Waals surface area contributed by atoms with Crippen molar-refractivity contribution in [3.8, 4) is 5.75 Å². The molecule has 0 saturated carbocycles. The molecular formula is C21H26N6O5. The van der Waals surface area contributed by atoms with Gasteiger partial charge in [0.15, 0.2) is 17.7 Å². The molecule has 6 N–H and O–H groups in total. The molecule has 1 aromatic carbocycles. The molecule has 170 valence electrons. The Labute approximate surface area is 183 Å². The van der Waals surface area contributed by atoms with Crippen LogP contribution in [-0.2, 0) is 21.6 Å². The Morgan fingerprint density at radius 2 is 2.09 bits per heavy atom. The number of benzene rings is 1. The van der Waals surface area contributed by atoms with Gasteiger partial charge in [-0.1, -0.05) is 12.1 Å². The molecule has 0 spiro atoms. The van der Waals surface area contributed by atoms with Crippen LogP contribution in [0.5, 0.6) is 5.75 Å². The SMILES string of the molecule is COc1cccc2c1CCCC2(N)OC[C@H]1O[C@@H](n2cnc3c(N)ncnc32)[C@H](O)[C@@H]1O. The quantitative estimate of drug-likeness (QED) is 0.401. The summed E-state index contributed by atoms with van der Waals surface area (Å²) in [6.45, 7) is -0.00830. The van der Waals surface area contributed by atoms with Gasteiger partial charge in [0, 0.05) is 11.1 Å². The van der Waals surface area contributed by atoms with Crippen LogP contribution in [0.1, 0.15) is 30.2 Å². The summed E-state index contributed by atoms with van der Waals surface area (Å²) in [6, 6.07) is 5.72. The number of imidazole rings is 1. The molecule has 1 aliphatic heterocycles. The zero-order valence-electron chi connectivity index (χ0n) is 17.6. The van der Waals surface area contributed by atoms with Crippen LogP contribution in [0.15, 0.2) is 30.9 Å². The third-order valence-corrected chi connectivity index (χ3v) is 6.29. The van der Waals surface area contributed by atoms with Crippen molar-refractivity contribution >= 4 is 17.0 Å². The van der Waals surface area contributed by atoms with Crippen LogP contribution in [0.2, 0.25) is 0 Å². The lowest BCUT2D eigenvalue weighted by atomic mass is 9.84. The molecule has 11 nitrogen and oxygen atoms in total. The number of fused-ring (bicyclic) bond motifs is 2. The minimum atomic E-state index is -1.22. The monoisotopic (exact) mass is 442 g/mol. The minimum absolute atomic E-state index is 0.00830. The second-order valence-electron chi connectivity index (χ2n) is 8.17. The Morgan fingerprint density at radius 3 is 2.91 bits per heavy atom. The van der Waals surface area contributed by atoms with Gasteiger partial charge in [-0.2, -0.15) is 0 Å². The fourth-order valence-corrected chi connectivity index (χ4v) is 4.61. The fourth-order valence-electron chi connectivity index (χ4n) is 4.61. The molecule has 1 fully saturated rings. The van der Waals surface area contributed by atoms with Gasteiger partial charge in [-0.15, -0.1) is 0 Å². The first-order valence-corrected chi connectivity index (χ1v) is 10.5. The largest absolute Gasteiger partial charge is 0.496 e. The van der Waals surface area contributed by atoms with E-state index in [1.54, 1.807) is 7.11 Å². The maximum atomic E-state index is 10.7. The highest BCUT2D eigenvalue weighted by atomic mass is 16.6. The zero-order chi connectivity index (χ0) is 22.5. The van der Waals surface area contributed by atoms with Crippen molar-refractivity contribution in [2.45, 2.75) is 49.5 Å². The van der Waals surface area contributed by atoms with Crippen LogP contribution in [-0.4, -0.2) is 61.8 Å². The third-order valence-electron chi connectivity index (χ3n) is 6.29. The van der Waals surface area contributed by atoms with E-state index < -0.39 is 30.3 Å². The predicted molar refractivity (Wildman–Crippen MR) is 113 cm³/mol. The molecule has 5 atom stereocenters. The van der Waals surface area contributed by atoms with Crippen molar-refractivity contribution in [2.75, 3.05) is 19.5 Å². The smallest absolute Gasteiger partial charge is 0.167 e. The molecule has 5 rings (SSSR count). The van der Waals surface area contributed by atoms with E-state index in [0.717, 1.165) is 29.7 Å². The van der Waals surface area contributed by atoms with Crippen LogP contribution in [0.3, 0.4) is 0 Å². The Kier molecular flexibility index (Phi) is 5.22. The first kappa shape index (κ1) is 21.0. The lowest BCUT2D eigenvalue weighted by Crippen LogP contribution is -2.45. The molecule has 2 aromatic heterocycles. The number of aliphatic hydroxyl groups is 2. The van der Waals surface area contributed by atoms with Crippen molar-refractivity contribution < 1.29 is 24.4 Å². The molecule has 11 heteroatoms. The lowest BCUT2D eigenvalue weighted by molar-refractivity contribution is -0.124. The number of nitrogen functional groups attached to an aromatic ring is 1. The van der Waals surface area contributed by atoms with Crippen molar-refractivity contribution in [3.63, 3.8) is 0 Å². The number of methoxy groups -OCH3 is 1. The summed E-state index contributed by atoms with van der Waals surface area (Å²) in [5.74, 6) is 1.000. The highest BCUT2D eigenvalue weighted by Crippen LogP contribution is 2.40. The molecule has 3 aromatic rings. The summed E-state index contributed by atoms with van der Waals surface area (Å²) in [4.78, 5) is 12.3. The van der Waals surface area contributed by atoms with E-state index in [4.69, 9.17) is 25.7 Å². The summed E-state index contributed by atoms with van der Waals surface area (Å²) < 4.78 is 19.1. The van der Waals surface area contributed by atoms with Gasteiger partial charge in [0.2, 0.25) is 0 Å². The molecule has 32 heavy (non-hydrogen) atoms. The summed E-state index contributed by atoms with van der Waals surface area (Å²) in [5, 5.41) is 21.3. The Bertz CT molecular complexity index is 1140. The van der Waals surface area contributed by atoms with Crippen molar-refractivity contribution in [2.24, 2.45) is 5.73 Å². The summed E-state index contributed by atoms with van der Waals surface area (Å²) in [5.41, 5.74) is 14.1. The van der Waals surface area contributed by atoms with Crippen LogP contribution < -0.4 is 16.2 Å². The van der Waals surface area contributed by atoms with E-state index in [1.165, 1.54) is 17.2 Å². The van der Waals surface area contributed by atoms with Crippen LogP contribution >= 0.6 is 0 Å². The summed E-state index contributed by atoms with van der Waals surface area (Å²) in [7, 11) is 1.63. The van der Waals surface area contributed by atoms with Crippen molar-refractivity contribution in [1.29, 1.82) is 0 Å². The van der Waals surface area contributed by atoms with Crippen LogP contribution in [0.25, 0.3) is 11.2 Å². The average molecular weight is 442 g/mol. The molecule has 1 unspecified atom stereocenters. The van der Waals surface area contributed by atoms with Gasteiger partial charge in [0.1, 0.15) is 41.6 Å². The normalized spacial score (nSPS) is 29.9. The maximum Gasteiger partial charge on any atom is 0.167 e. The molecule has 2 aliphatic rings. The molecular weight excluding hydrogens is 416 g/mol. The average Bonchev–Trinajstić information content (AvgIpc) is 3.35. The van der Waals surface area contributed by atoms with E-state index >= 15 is 0 Å². The highest BCUT2D eigenvalue weighted by molar-refractivity contribution is 5.81. The lowest BCUT2D eigenvalue weighted by Gasteiger charge is -2.37. The first-order valence-electron chi connectivity index (χ1n) is 10.5. The molecule has 0 radical (unpaired) electrons. The van der Waals surface area contributed by atoms with Gasteiger partial charge >= 0.3 is 0 Å². The number of hydrogen-bond acceptors (Lipinski definition) is 10. The van der Waals surface area contributed by atoms with E-state index in [1.807, 2.05) is 18.2 Å². The van der Waals surface area contributed by atoms with Gasteiger partial charge in [-0.3, -0.25) is 10.3 Å². The number of anilines is 1. The van der Waals surface area contributed by atoms with E-state index in [9.17, 15) is 10.2 Å². The van der Waals surface area contributed by atoms with Gasteiger partial charge < -0.3 is 30.2 Å². The number of nitrogens with zero attached hydrogens (tertiary/aromatic N) is 4. The minimum Gasteiger partial charge on any atom is -0.496 e. The van der Waals surface area contributed by atoms with Gasteiger partial charge in [0.25, 0.3) is 0 Å². The Morgan fingerprint density at radius 1 is 1.25 bits per heavy atom. The summed E-state index contributed by atoms with van der Waals surface area (Å²) in [6.07, 6.45) is 0.945. The van der Waals surface area contributed by atoms with Crippen LogP contribution in [0, 0.1) is 0 Å². The number of rotatable bonds is 5. The van der Waals surface area contributed by atoms with Crippen molar-refractivity contribution in [1.82, 2.24) is 19.5 Å². The maximum absolute atomic E-state index is 10.7. The number of nitrogens with two attached hydrogens (primary N) is 2. The van der Waals surface area contributed by atoms with Gasteiger partial charge in [-0.05, 0) is 25.3 Å². The second kappa shape index (κ2) is 7.94. The fraction of sp³-hybridized carbons (Fsp3) is 0.476. The number of hydrogen-bond donors (Lipinski definition) is 4.